The van der Waals surface area contributed by atoms with Gasteiger partial charge in [-0.1, -0.05) is 0 Å². The van der Waals surface area contributed by atoms with E-state index in [0.717, 1.165) is 6.07 Å². The Labute approximate surface area is 140 Å². The van der Waals surface area contributed by atoms with Crippen molar-refractivity contribution >= 4 is 28.2 Å². The number of aromatic nitrogens is 1. The highest BCUT2D eigenvalue weighted by molar-refractivity contribution is 6.05. The molecule has 0 unspecified atom stereocenters. The summed E-state index contributed by atoms with van der Waals surface area (Å²) >= 11 is 0. The number of rotatable bonds is 3. The molecule has 8 heteroatoms. The molecular weight excluding hydrogens is 329 g/mol. The molecule has 7 nitrogen and oxygen atoms in total. The molecule has 0 atom stereocenters. The van der Waals surface area contributed by atoms with Gasteiger partial charge in [0.05, 0.1) is 10.4 Å². The predicted octanol–water partition coefficient (Wildman–Crippen LogP) is 2.84. The number of amides is 1. The molecular formula is C17H12FN3O4. The molecule has 1 aromatic heterocycles. The Kier molecular flexibility index (Phi) is 4.02. The third-order valence-corrected chi connectivity index (χ3v) is 3.73. The highest BCUT2D eigenvalue weighted by Crippen LogP contribution is 2.17. The third kappa shape index (κ3) is 3.09. The van der Waals surface area contributed by atoms with E-state index in [2.05, 4.69) is 5.32 Å². The number of pyridine rings is 1. The Morgan fingerprint density at radius 1 is 1.20 bits per heavy atom. The normalized spacial score (nSPS) is 10.6. The second-order valence-electron chi connectivity index (χ2n) is 5.40. The molecule has 0 aliphatic carbocycles. The topological polar surface area (TPSA) is 94.2 Å². The smallest absolute Gasteiger partial charge is 0.269 e. The van der Waals surface area contributed by atoms with Crippen LogP contribution in [0.2, 0.25) is 0 Å². The lowest BCUT2D eigenvalue weighted by Gasteiger charge is -2.09. The fraction of sp³-hybridized carbons (Fsp3) is 0.0588. The maximum atomic E-state index is 13.4. The quantitative estimate of drug-likeness (QED) is 0.585. The minimum absolute atomic E-state index is 0.0962. The van der Waals surface area contributed by atoms with Crippen LogP contribution in [0.5, 0.6) is 0 Å². The molecule has 0 bridgehead atoms. The molecule has 0 aliphatic rings. The summed E-state index contributed by atoms with van der Waals surface area (Å²) in [5.74, 6) is -1.25. The van der Waals surface area contributed by atoms with Crippen molar-refractivity contribution in [3.05, 3.63) is 80.4 Å². The fourth-order valence-corrected chi connectivity index (χ4v) is 2.49. The van der Waals surface area contributed by atoms with Gasteiger partial charge in [-0.25, -0.2) is 4.39 Å². The second kappa shape index (κ2) is 6.16. The third-order valence-electron chi connectivity index (χ3n) is 3.73. The Hall–Kier alpha value is -3.55. The van der Waals surface area contributed by atoms with Crippen molar-refractivity contribution in [2.24, 2.45) is 7.05 Å². The van der Waals surface area contributed by atoms with Gasteiger partial charge in [-0.2, -0.15) is 0 Å². The van der Waals surface area contributed by atoms with Gasteiger partial charge in [-0.15, -0.1) is 0 Å². The van der Waals surface area contributed by atoms with Gasteiger partial charge in [0, 0.05) is 36.5 Å². The summed E-state index contributed by atoms with van der Waals surface area (Å²) in [4.78, 5) is 34.9. The van der Waals surface area contributed by atoms with Crippen molar-refractivity contribution in [3.63, 3.8) is 0 Å². The number of halogens is 1. The highest BCUT2D eigenvalue weighted by Gasteiger charge is 2.15. The first-order valence-electron chi connectivity index (χ1n) is 7.21. The molecule has 0 saturated carbocycles. The number of carbonyl (C=O) groups excluding carboxylic acids is 1. The molecule has 0 spiro atoms. The summed E-state index contributed by atoms with van der Waals surface area (Å²) in [6.45, 7) is 0. The molecule has 0 aliphatic heterocycles. The van der Waals surface area contributed by atoms with Gasteiger partial charge in [-0.3, -0.25) is 19.7 Å². The fourth-order valence-electron chi connectivity index (χ4n) is 2.49. The summed E-state index contributed by atoms with van der Waals surface area (Å²) in [6, 6.07) is 8.98. The SMILES string of the molecule is Cn1cc(C(=O)Nc2ccc([N+](=O)[O-])cc2)c(=O)c2cc(F)ccc21. The van der Waals surface area contributed by atoms with E-state index >= 15 is 0 Å². The Morgan fingerprint density at radius 3 is 2.52 bits per heavy atom. The van der Waals surface area contributed by atoms with Crippen LogP contribution in [-0.2, 0) is 7.05 Å². The molecule has 1 N–H and O–H groups in total. The van der Waals surface area contributed by atoms with E-state index in [9.17, 15) is 24.1 Å². The van der Waals surface area contributed by atoms with Crippen LogP contribution in [-0.4, -0.2) is 15.4 Å². The van der Waals surface area contributed by atoms with Crippen LogP contribution in [0.15, 0.2) is 53.5 Å². The number of benzene rings is 2. The summed E-state index contributed by atoms with van der Waals surface area (Å²) < 4.78 is 15.0. The van der Waals surface area contributed by atoms with E-state index in [1.807, 2.05) is 0 Å². The number of hydrogen-bond acceptors (Lipinski definition) is 4. The summed E-state index contributed by atoms with van der Waals surface area (Å²) in [6.07, 6.45) is 1.36. The van der Waals surface area contributed by atoms with Crippen molar-refractivity contribution < 1.29 is 14.1 Å². The van der Waals surface area contributed by atoms with Crippen LogP contribution in [0, 0.1) is 15.9 Å². The molecule has 25 heavy (non-hydrogen) atoms. The van der Waals surface area contributed by atoms with E-state index in [-0.39, 0.29) is 16.6 Å². The van der Waals surface area contributed by atoms with Crippen LogP contribution in [0.1, 0.15) is 10.4 Å². The van der Waals surface area contributed by atoms with Gasteiger partial charge >= 0.3 is 0 Å². The zero-order valence-electron chi connectivity index (χ0n) is 13.0. The maximum Gasteiger partial charge on any atom is 0.269 e. The molecule has 3 aromatic rings. The van der Waals surface area contributed by atoms with Crippen molar-refractivity contribution in [2.45, 2.75) is 0 Å². The lowest BCUT2D eigenvalue weighted by Crippen LogP contribution is -2.23. The van der Waals surface area contributed by atoms with Crippen LogP contribution in [0.3, 0.4) is 0 Å². The van der Waals surface area contributed by atoms with Crippen molar-refractivity contribution in [1.29, 1.82) is 0 Å². The van der Waals surface area contributed by atoms with Gasteiger partial charge in [0.2, 0.25) is 5.43 Å². The lowest BCUT2D eigenvalue weighted by atomic mass is 10.1. The molecule has 2 aromatic carbocycles. The van der Waals surface area contributed by atoms with Gasteiger partial charge in [0.25, 0.3) is 11.6 Å². The zero-order chi connectivity index (χ0) is 18.1. The van der Waals surface area contributed by atoms with Crippen LogP contribution in [0.25, 0.3) is 10.9 Å². The molecule has 0 fully saturated rings. The molecule has 1 heterocycles. The first kappa shape index (κ1) is 16.3. The first-order valence-corrected chi connectivity index (χ1v) is 7.21. The van der Waals surface area contributed by atoms with Crippen molar-refractivity contribution in [2.75, 3.05) is 5.32 Å². The number of hydrogen-bond donors (Lipinski definition) is 1. The van der Waals surface area contributed by atoms with Gasteiger partial charge in [-0.05, 0) is 30.3 Å². The average molecular weight is 341 g/mol. The van der Waals surface area contributed by atoms with Gasteiger partial charge in [0.1, 0.15) is 11.4 Å². The largest absolute Gasteiger partial charge is 0.350 e. The highest BCUT2D eigenvalue weighted by atomic mass is 19.1. The number of non-ortho nitro benzene ring substituents is 1. The summed E-state index contributed by atoms with van der Waals surface area (Å²) in [5.41, 5.74) is -0.0589. The molecule has 126 valence electrons. The molecule has 3 rings (SSSR count). The molecule has 0 saturated heterocycles. The predicted molar refractivity (Wildman–Crippen MR) is 90.2 cm³/mol. The Bertz CT molecular complexity index is 1060. The Morgan fingerprint density at radius 2 is 1.88 bits per heavy atom. The number of nitro benzene ring substituents is 1. The van der Waals surface area contributed by atoms with Gasteiger partial charge in [0.15, 0.2) is 0 Å². The number of nitrogens with zero attached hydrogens (tertiary/aromatic N) is 2. The number of anilines is 1. The maximum absolute atomic E-state index is 13.4. The van der Waals surface area contributed by atoms with Crippen LogP contribution in [0.4, 0.5) is 15.8 Å². The molecule has 1 amide bonds. The minimum Gasteiger partial charge on any atom is -0.350 e. The summed E-state index contributed by atoms with van der Waals surface area (Å²) in [7, 11) is 1.64. The van der Waals surface area contributed by atoms with E-state index in [1.165, 1.54) is 42.6 Å². The number of nitrogens with one attached hydrogen (secondary N) is 1. The lowest BCUT2D eigenvalue weighted by molar-refractivity contribution is -0.384. The summed E-state index contributed by atoms with van der Waals surface area (Å²) in [5, 5.41) is 13.2. The van der Waals surface area contributed by atoms with E-state index in [0.29, 0.717) is 11.2 Å². The monoisotopic (exact) mass is 341 g/mol. The zero-order valence-corrected chi connectivity index (χ0v) is 13.0. The van der Waals surface area contributed by atoms with E-state index < -0.39 is 22.1 Å². The van der Waals surface area contributed by atoms with Crippen LogP contribution < -0.4 is 10.7 Å². The number of nitro groups is 1. The number of carbonyl (C=O) groups is 1. The Balaban J connectivity index is 1.98. The number of aryl methyl sites for hydroxylation is 1. The second-order valence-corrected chi connectivity index (χ2v) is 5.40. The number of fused-ring (bicyclic) bond motifs is 1. The average Bonchev–Trinajstić information content (AvgIpc) is 2.58. The van der Waals surface area contributed by atoms with Crippen molar-refractivity contribution in [1.82, 2.24) is 4.57 Å². The minimum atomic E-state index is -0.680. The van der Waals surface area contributed by atoms with Crippen LogP contribution >= 0.6 is 0 Å². The molecule has 0 radical (unpaired) electrons. The van der Waals surface area contributed by atoms with Crippen molar-refractivity contribution in [3.8, 4) is 0 Å². The first-order chi connectivity index (χ1) is 11.9. The standard InChI is InChI=1S/C17H12FN3O4/c1-20-9-14(16(22)13-8-10(18)2-7-15(13)20)17(23)19-11-3-5-12(6-4-11)21(24)25/h2-9H,1H3,(H,19,23). The van der Waals surface area contributed by atoms with E-state index in [4.69, 9.17) is 0 Å². The van der Waals surface area contributed by atoms with E-state index in [1.54, 1.807) is 11.6 Å². The van der Waals surface area contributed by atoms with Gasteiger partial charge < -0.3 is 9.88 Å².